The number of thiophene rings is 1. The van der Waals surface area contributed by atoms with Crippen LogP contribution in [-0.2, 0) is 16.1 Å². The van der Waals surface area contributed by atoms with Crippen molar-refractivity contribution in [2.24, 2.45) is 5.92 Å². The number of ether oxygens (including phenoxy) is 1. The molecule has 0 saturated carbocycles. The third kappa shape index (κ3) is 4.89. The molecule has 20 heavy (non-hydrogen) atoms. The van der Waals surface area contributed by atoms with Gasteiger partial charge >= 0.3 is 0 Å². The highest BCUT2D eigenvalue weighted by atomic mass is 32.1. The fourth-order valence-corrected chi connectivity index (χ4v) is 3.25. The summed E-state index contributed by atoms with van der Waals surface area (Å²) in [6.45, 7) is 4.15. The topological polar surface area (TPSA) is 41.6 Å². The molecule has 1 atom stereocenters. The van der Waals surface area contributed by atoms with Gasteiger partial charge in [0.05, 0.1) is 13.2 Å². The van der Waals surface area contributed by atoms with Gasteiger partial charge in [-0.05, 0) is 43.3 Å². The minimum absolute atomic E-state index is 0.252. The Kier molecular flexibility index (Phi) is 6.50. The summed E-state index contributed by atoms with van der Waals surface area (Å²) < 4.78 is 5.12. The molecule has 1 aliphatic rings. The van der Waals surface area contributed by atoms with Gasteiger partial charge in [0.2, 0.25) is 5.91 Å². The molecule has 0 radical (unpaired) electrons. The summed E-state index contributed by atoms with van der Waals surface area (Å²) >= 11 is 1.70. The third-order valence-corrected chi connectivity index (χ3v) is 4.63. The van der Waals surface area contributed by atoms with Gasteiger partial charge in [-0.15, -0.1) is 11.3 Å². The van der Waals surface area contributed by atoms with Gasteiger partial charge in [-0.25, -0.2) is 0 Å². The molecule has 0 aliphatic carbocycles. The van der Waals surface area contributed by atoms with E-state index in [4.69, 9.17) is 4.74 Å². The van der Waals surface area contributed by atoms with Crippen molar-refractivity contribution in [2.75, 3.05) is 33.4 Å². The Morgan fingerprint density at radius 1 is 1.60 bits per heavy atom. The number of nitrogens with zero attached hydrogens (tertiary/aromatic N) is 1. The van der Waals surface area contributed by atoms with Gasteiger partial charge in [0.1, 0.15) is 0 Å². The summed E-state index contributed by atoms with van der Waals surface area (Å²) in [5, 5.41) is 5.41. The van der Waals surface area contributed by atoms with Gasteiger partial charge in [-0.2, -0.15) is 0 Å². The van der Waals surface area contributed by atoms with Gasteiger partial charge in [0, 0.05) is 25.0 Å². The lowest BCUT2D eigenvalue weighted by atomic mass is 10.0. The molecule has 112 valence electrons. The van der Waals surface area contributed by atoms with Crippen molar-refractivity contribution < 1.29 is 9.53 Å². The predicted molar refractivity (Wildman–Crippen MR) is 81.8 cm³/mol. The number of hydrogen-bond donors (Lipinski definition) is 1. The Bertz CT molecular complexity index is 389. The fourth-order valence-electron chi connectivity index (χ4n) is 2.53. The van der Waals surface area contributed by atoms with Crippen molar-refractivity contribution in [3.8, 4) is 0 Å². The van der Waals surface area contributed by atoms with Crippen LogP contribution in [0.25, 0.3) is 0 Å². The van der Waals surface area contributed by atoms with E-state index in [0.29, 0.717) is 32.0 Å². The largest absolute Gasteiger partial charge is 0.383 e. The van der Waals surface area contributed by atoms with Gasteiger partial charge in [0.15, 0.2) is 0 Å². The lowest BCUT2D eigenvalue weighted by molar-refractivity contribution is -0.132. The van der Waals surface area contributed by atoms with Crippen molar-refractivity contribution in [1.29, 1.82) is 0 Å². The molecule has 2 rings (SSSR count). The molecule has 1 unspecified atom stereocenters. The Morgan fingerprint density at radius 2 is 2.50 bits per heavy atom. The zero-order chi connectivity index (χ0) is 14.2. The number of amides is 1. The predicted octanol–water partition coefficient (Wildman–Crippen LogP) is 2.11. The monoisotopic (exact) mass is 296 g/mol. The SMILES string of the molecule is COCCN(Cc1cccs1)C(=O)CCC1CCNC1. The molecule has 1 saturated heterocycles. The molecule has 0 aromatic carbocycles. The summed E-state index contributed by atoms with van der Waals surface area (Å²) in [6, 6.07) is 4.11. The van der Waals surface area contributed by atoms with Crippen molar-refractivity contribution in [1.82, 2.24) is 10.2 Å². The van der Waals surface area contributed by atoms with E-state index in [2.05, 4.69) is 16.8 Å². The second-order valence-electron chi connectivity index (χ2n) is 5.28. The van der Waals surface area contributed by atoms with Crippen LogP contribution in [0.1, 0.15) is 24.1 Å². The van der Waals surface area contributed by atoms with Crippen LogP contribution < -0.4 is 5.32 Å². The molecular weight excluding hydrogens is 272 g/mol. The molecule has 0 spiro atoms. The Morgan fingerprint density at radius 3 is 3.15 bits per heavy atom. The van der Waals surface area contributed by atoms with E-state index in [1.807, 2.05) is 11.0 Å². The van der Waals surface area contributed by atoms with Crippen molar-refractivity contribution in [2.45, 2.75) is 25.8 Å². The molecule has 1 fully saturated rings. The van der Waals surface area contributed by atoms with Gasteiger partial charge < -0.3 is 15.0 Å². The first-order chi connectivity index (χ1) is 9.79. The number of hydrogen-bond acceptors (Lipinski definition) is 4. The third-order valence-electron chi connectivity index (χ3n) is 3.77. The minimum Gasteiger partial charge on any atom is -0.383 e. The number of nitrogens with one attached hydrogen (secondary N) is 1. The highest BCUT2D eigenvalue weighted by molar-refractivity contribution is 7.09. The Labute approximate surface area is 125 Å². The second kappa shape index (κ2) is 8.39. The molecule has 4 nitrogen and oxygen atoms in total. The van der Waals surface area contributed by atoms with Gasteiger partial charge in [0.25, 0.3) is 0 Å². The lowest BCUT2D eigenvalue weighted by Crippen LogP contribution is -2.33. The van der Waals surface area contributed by atoms with Crippen LogP contribution in [0, 0.1) is 5.92 Å². The average Bonchev–Trinajstić information content (AvgIpc) is 3.13. The molecule has 2 heterocycles. The van der Waals surface area contributed by atoms with E-state index in [1.165, 1.54) is 11.3 Å². The summed E-state index contributed by atoms with van der Waals surface area (Å²) in [5.41, 5.74) is 0. The second-order valence-corrected chi connectivity index (χ2v) is 6.32. The lowest BCUT2D eigenvalue weighted by Gasteiger charge is -2.22. The summed E-state index contributed by atoms with van der Waals surface area (Å²) in [4.78, 5) is 15.5. The molecule has 1 aromatic heterocycles. The van der Waals surface area contributed by atoms with Crippen molar-refractivity contribution in [3.63, 3.8) is 0 Å². The maximum absolute atomic E-state index is 12.4. The van der Waals surface area contributed by atoms with Crippen LogP contribution in [0.3, 0.4) is 0 Å². The molecular formula is C15H24N2O2S. The van der Waals surface area contributed by atoms with Crippen LogP contribution >= 0.6 is 11.3 Å². The summed E-state index contributed by atoms with van der Waals surface area (Å²) in [6.07, 6.45) is 2.86. The Hall–Kier alpha value is -0.910. The first-order valence-electron chi connectivity index (χ1n) is 7.29. The van der Waals surface area contributed by atoms with Crippen LogP contribution in [0.5, 0.6) is 0 Å². The van der Waals surface area contributed by atoms with E-state index in [0.717, 1.165) is 19.5 Å². The first-order valence-corrected chi connectivity index (χ1v) is 8.17. The zero-order valence-corrected chi connectivity index (χ0v) is 13.0. The highest BCUT2D eigenvalue weighted by Gasteiger charge is 2.19. The van der Waals surface area contributed by atoms with Crippen LogP contribution in [0.15, 0.2) is 17.5 Å². The maximum atomic E-state index is 12.4. The number of carbonyl (C=O) groups is 1. The smallest absolute Gasteiger partial charge is 0.222 e. The molecule has 1 aromatic rings. The minimum atomic E-state index is 0.252. The molecule has 1 amide bonds. The molecule has 1 N–H and O–H groups in total. The average molecular weight is 296 g/mol. The maximum Gasteiger partial charge on any atom is 0.222 e. The zero-order valence-electron chi connectivity index (χ0n) is 12.1. The Balaban J connectivity index is 1.82. The van der Waals surface area contributed by atoms with Crippen molar-refractivity contribution in [3.05, 3.63) is 22.4 Å². The molecule has 1 aliphatic heterocycles. The van der Waals surface area contributed by atoms with E-state index in [9.17, 15) is 4.79 Å². The van der Waals surface area contributed by atoms with Crippen LogP contribution in [0.4, 0.5) is 0 Å². The summed E-state index contributed by atoms with van der Waals surface area (Å²) in [5.74, 6) is 0.923. The van der Waals surface area contributed by atoms with E-state index in [1.54, 1.807) is 18.4 Å². The standard InChI is InChI=1S/C15H24N2O2S/c1-19-9-8-17(12-14-3-2-10-20-14)15(18)5-4-13-6-7-16-11-13/h2-3,10,13,16H,4-9,11-12H2,1H3. The van der Waals surface area contributed by atoms with E-state index < -0.39 is 0 Å². The van der Waals surface area contributed by atoms with E-state index in [-0.39, 0.29) is 5.91 Å². The van der Waals surface area contributed by atoms with E-state index >= 15 is 0 Å². The quantitative estimate of drug-likeness (QED) is 0.799. The number of methoxy groups -OCH3 is 1. The van der Waals surface area contributed by atoms with Gasteiger partial charge in [-0.3, -0.25) is 4.79 Å². The number of carbonyl (C=O) groups excluding carboxylic acids is 1. The van der Waals surface area contributed by atoms with Crippen LogP contribution in [-0.4, -0.2) is 44.2 Å². The van der Waals surface area contributed by atoms with Crippen molar-refractivity contribution >= 4 is 17.2 Å². The number of rotatable bonds is 8. The first kappa shape index (κ1) is 15.5. The normalized spacial score (nSPS) is 18.4. The molecule has 5 heteroatoms. The highest BCUT2D eigenvalue weighted by Crippen LogP contribution is 2.17. The molecule has 0 bridgehead atoms. The van der Waals surface area contributed by atoms with Crippen LogP contribution in [0.2, 0.25) is 0 Å². The van der Waals surface area contributed by atoms with Gasteiger partial charge in [-0.1, -0.05) is 6.07 Å². The fraction of sp³-hybridized carbons (Fsp3) is 0.667. The summed E-state index contributed by atoms with van der Waals surface area (Å²) in [7, 11) is 1.68.